The molecule has 2 heterocycles. The lowest BCUT2D eigenvalue weighted by atomic mass is 9.85. The molecule has 3 atom stereocenters. The fourth-order valence-corrected chi connectivity index (χ4v) is 4.75. The van der Waals surface area contributed by atoms with Crippen molar-refractivity contribution in [1.82, 2.24) is 20.4 Å². The minimum atomic E-state index is -0.766. The average Bonchev–Trinajstić information content (AvgIpc) is 3.30. The van der Waals surface area contributed by atoms with Gasteiger partial charge in [-0.3, -0.25) is 14.5 Å². The van der Waals surface area contributed by atoms with E-state index in [1.165, 1.54) is 32.1 Å². The predicted octanol–water partition coefficient (Wildman–Crippen LogP) is 2.34. The minimum Gasteiger partial charge on any atom is -0.376 e. The number of Topliss-reactive ketones (excluding diaryl/α,β-unsaturated/α-hetero) is 1. The van der Waals surface area contributed by atoms with E-state index < -0.39 is 12.1 Å². The Kier molecular flexibility index (Phi) is 9.35. The number of nitrogens with one attached hydrogen (secondary N) is 1. The summed E-state index contributed by atoms with van der Waals surface area (Å²) in [5.74, 6) is 0.323. The maximum Gasteiger partial charge on any atom is 0.240 e. The number of nitrogens with zero attached hydrogens (tertiary/aromatic N) is 3. The van der Waals surface area contributed by atoms with E-state index in [-0.39, 0.29) is 30.0 Å². The van der Waals surface area contributed by atoms with Crippen LogP contribution >= 0.6 is 0 Å². The highest BCUT2D eigenvalue weighted by atomic mass is 16.5. The number of morpholine rings is 1. The maximum absolute atomic E-state index is 13.1. The van der Waals surface area contributed by atoms with Gasteiger partial charge in [-0.1, -0.05) is 51.1 Å². The largest absolute Gasteiger partial charge is 0.376 e. The van der Waals surface area contributed by atoms with E-state index in [0.717, 1.165) is 12.7 Å². The third kappa shape index (κ3) is 6.45. The van der Waals surface area contributed by atoms with Crippen LogP contribution in [0.3, 0.4) is 0 Å². The molecule has 1 saturated heterocycles. The summed E-state index contributed by atoms with van der Waals surface area (Å²) in [5, 5.41) is 6.55. The summed E-state index contributed by atoms with van der Waals surface area (Å²) in [5.41, 5.74) is 0. The topological polar surface area (TPSA) is 115 Å². The van der Waals surface area contributed by atoms with Crippen molar-refractivity contribution in [2.75, 3.05) is 19.7 Å². The molecular weight excluding hydrogens is 412 g/mol. The first kappa shape index (κ1) is 24.5. The molecular formula is C23H36N4O5. The van der Waals surface area contributed by atoms with Crippen molar-refractivity contribution in [3.8, 4) is 0 Å². The number of carbonyl (C=O) groups excluding carboxylic acids is 3. The molecule has 0 radical (unpaired) electrons. The molecule has 3 rings (SSSR count). The van der Waals surface area contributed by atoms with Gasteiger partial charge in [0.1, 0.15) is 6.29 Å². The SMILES string of the molecule is CCc1nc(C(=O)[C@H](CC)NC(=O)[C@@H](CC=O)N2CCOC(CC3CCCCC3)C2)no1. The lowest BCUT2D eigenvalue weighted by molar-refractivity contribution is -0.133. The number of rotatable bonds is 11. The molecule has 9 nitrogen and oxygen atoms in total. The van der Waals surface area contributed by atoms with Crippen LogP contribution in [-0.4, -0.2) is 70.9 Å². The molecule has 2 fully saturated rings. The van der Waals surface area contributed by atoms with Crippen LogP contribution < -0.4 is 5.32 Å². The van der Waals surface area contributed by atoms with Crippen LogP contribution in [0.15, 0.2) is 4.52 Å². The highest BCUT2D eigenvalue weighted by Gasteiger charge is 2.34. The van der Waals surface area contributed by atoms with Gasteiger partial charge >= 0.3 is 0 Å². The molecule has 1 amide bonds. The van der Waals surface area contributed by atoms with E-state index in [1.54, 1.807) is 0 Å². The monoisotopic (exact) mass is 448 g/mol. The van der Waals surface area contributed by atoms with E-state index in [9.17, 15) is 14.4 Å². The zero-order valence-electron chi connectivity index (χ0n) is 19.3. The van der Waals surface area contributed by atoms with E-state index >= 15 is 0 Å². The lowest BCUT2D eigenvalue weighted by Crippen LogP contribution is -2.56. The van der Waals surface area contributed by atoms with E-state index in [2.05, 4.69) is 15.5 Å². The normalized spacial score (nSPS) is 22.2. The van der Waals surface area contributed by atoms with Gasteiger partial charge in [0.15, 0.2) is 0 Å². The third-order valence-corrected chi connectivity index (χ3v) is 6.59. The van der Waals surface area contributed by atoms with E-state index in [0.29, 0.717) is 44.3 Å². The third-order valence-electron chi connectivity index (χ3n) is 6.59. The molecule has 1 unspecified atom stereocenters. The van der Waals surface area contributed by atoms with Crippen LogP contribution in [-0.2, 0) is 20.7 Å². The Balaban J connectivity index is 1.61. The molecule has 1 aromatic rings. The number of carbonyl (C=O) groups is 3. The Morgan fingerprint density at radius 2 is 2.03 bits per heavy atom. The molecule has 1 aliphatic heterocycles. The van der Waals surface area contributed by atoms with Gasteiger partial charge in [-0.2, -0.15) is 4.98 Å². The molecule has 0 spiro atoms. The molecule has 178 valence electrons. The average molecular weight is 449 g/mol. The maximum atomic E-state index is 13.1. The first-order valence-corrected chi connectivity index (χ1v) is 12.0. The second kappa shape index (κ2) is 12.2. The van der Waals surface area contributed by atoms with E-state index in [1.807, 2.05) is 18.7 Å². The van der Waals surface area contributed by atoms with Crippen molar-refractivity contribution in [2.24, 2.45) is 5.92 Å². The molecule has 0 bridgehead atoms. The number of ketones is 1. The predicted molar refractivity (Wildman–Crippen MR) is 117 cm³/mol. The van der Waals surface area contributed by atoms with Gasteiger partial charge in [0.05, 0.1) is 24.8 Å². The van der Waals surface area contributed by atoms with Crippen LogP contribution in [0.2, 0.25) is 0 Å². The Labute approximate surface area is 189 Å². The summed E-state index contributed by atoms with van der Waals surface area (Å²) in [4.78, 5) is 43.4. The summed E-state index contributed by atoms with van der Waals surface area (Å²) in [7, 11) is 0. The number of aldehydes is 1. The van der Waals surface area contributed by atoms with Gasteiger partial charge in [-0.05, 0) is 18.8 Å². The summed E-state index contributed by atoms with van der Waals surface area (Å²) in [6.45, 7) is 5.42. The second-order valence-electron chi connectivity index (χ2n) is 8.84. The Bertz CT molecular complexity index is 761. The number of aryl methyl sites for hydroxylation is 1. The molecule has 1 aromatic heterocycles. The zero-order chi connectivity index (χ0) is 22.9. The van der Waals surface area contributed by atoms with Gasteiger partial charge in [0.25, 0.3) is 0 Å². The van der Waals surface area contributed by atoms with Crippen molar-refractivity contribution >= 4 is 18.0 Å². The van der Waals surface area contributed by atoms with Crippen LogP contribution in [0.25, 0.3) is 0 Å². The van der Waals surface area contributed by atoms with Gasteiger partial charge in [-0.15, -0.1) is 0 Å². The second-order valence-corrected chi connectivity index (χ2v) is 8.84. The number of hydrogen-bond acceptors (Lipinski definition) is 8. The van der Waals surface area contributed by atoms with E-state index in [4.69, 9.17) is 9.26 Å². The van der Waals surface area contributed by atoms with Gasteiger partial charge < -0.3 is 19.4 Å². The van der Waals surface area contributed by atoms with Gasteiger partial charge in [0, 0.05) is 25.9 Å². The highest BCUT2D eigenvalue weighted by Crippen LogP contribution is 2.29. The van der Waals surface area contributed by atoms with Crippen molar-refractivity contribution < 1.29 is 23.6 Å². The first-order chi connectivity index (χ1) is 15.5. The lowest BCUT2D eigenvalue weighted by Gasteiger charge is -2.38. The molecule has 0 aromatic carbocycles. The number of ether oxygens (including phenoxy) is 1. The summed E-state index contributed by atoms with van der Waals surface area (Å²) >= 11 is 0. The standard InChI is InChI=1S/C23H36N4O5/c1-3-18(21(29)22-25-20(4-2)32-26-22)24-23(30)19(10-12-28)27-11-13-31-17(15-27)14-16-8-6-5-7-9-16/h12,16-19H,3-11,13-15H2,1-2H3,(H,24,30)/t17?,18-,19+/m0/s1. The quantitative estimate of drug-likeness (QED) is 0.405. The fraction of sp³-hybridized carbons (Fsp3) is 0.783. The summed E-state index contributed by atoms with van der Waals surface area (Å²) < 4.78 is 11.0. The van der Waals surface area contributed by atoms with Crippen molar-refractivity contribution in [1.29, 1.82) is 0 Å². The number of aromatic nitrogens is 2. The number of hydrogen-bond donors (Lipinski definition) is 1. The van der Waals surface area contributed by atoms with Crippen molar-refractivity contribution in [3.63, 3.8) is 0 Å². The van der Waals surface area contributed by atoms with Gasteiger partial charge in [0.2, 0.25) is 23.4 Å². The molecule has 1 aliphatic carbocycles. The van der Waals surface area contributed by atoms with Crippen molar-refractivity contribution in [2.45, 2.75) is 89.8 Å². The van der Waals surface area contributed by atoms with Crippen LogP contribution in [0, 0.1) is 5.92 Å². The van der Waals surface area contributed by atoms with Crippen LogP contribution in [0.5, 0.6) is 0 Å². The molecule has 9 heteroatoms. The Hall–Kier alpha value is -2.13. The zero-order valence-corrected chi connectivity index (χ0v) is 19.3. The number of amides is 1. The summed E-state index contributed by atoms with van der Waals surface area (Å²) in [6, 6.07) is -1.39. The first-order valence-electron chi connectivity index (χ1n) is 12.0. The van der Waals surface area contributed by atoms with Crippen LogP contribution in [0.1, 0.15) is 81.7 Å². The molecule has 1 N–H and O–H groups in total. The summed E-state index contributed by atoms with van der Waals surface area (Å²) in [6.07, 6.45) is 9.21. The highest BCUT2D eigenvalue weighted by molar-refractivity contribution is 5.99. The minimum absolute atomic E-state index is 0.0279. The smallest absolute Gasteiger partial charge is 0.240 e. The van der Waals surface area contributed by atoms with Crippen molar-refractivity contribution in [3.05, 3.63) is 11.7 Å². The fourth-order valence-electron chi connectivity index (χ4n) is 4.75. The molecule has 2 aliphatic rings. The molecule has 32 heavy (non-hydrogen) atoms. The van der Waals surface area contributed by atoms with Crippen LogP contribution in [0.4, 0.5) is 0 Å². The van der Waals surface area contributed by atoms with Gasteiger partial charge in [-0.25, -0.2) is 0 Å². The Morgan fingerprint density at radius 3 is 2.69 bits per heavy atom. The Morgan fingerprint density at radius 1 is 1.25 bits per heavy atom. The molecule has 1 saturated carbocycles.